The number of aryl methyl sites for hydroxylation is 2. The zero-order chi connectivity index (χ0) is 15.7. The maximum absolute atomic E-state index is 12.3. The van der Waals surface area contributed by atoms with Gasteiger partial charge in [0.1, 0.15) is 5.75 Å². The van der Waals surface area contributed by atoms with Crippen molar-refractivity contribution in [2.45, 2.75) is 13.8 Å². The lowest BCUT2D eigenvalue weighted by Gasteiger charge is -2.04. The molecule has 0 aliphatic carbocycles. The smallest absolute Gasteiger partial charge is 0.257 e. The fourth-order valence-electron chi connectivity index (χ4n) is 2.36. The van der Waals surface area contributed by atoms with Crippen LogP contribution in [0.25, 0.3) is 10.2 Å². The van der Waals surface area contributed by atoms with E-state index in [1.165, 1.54) is 16.9 Å². The van der Waals surface area contributed by atoms with Crippen molar-refractivity contribution in [2.24, 2.45) is 0 Å². The van der Waals surface area contributed by atoms with Gasteiger partial charge in [0.15, 0.2) is 5.13 Å². The molecule has 4 nitrogen and oxygen atoms in total. The number of methoxy groups -OCH3 is 1. The molecule has 0 atom stereocenters. The van der Waals surface area contributed by atoms with Crippen molar-refractivity contribution < 1.29 is 9.53 Å². The molecule has 0 aliphatic rings. The van der Waals surface area contributed by atoms with Gasteiger partial charge in [-0.25, -0.2) is 4.98 Å². The number of ether oxygens (including phenoxy) is 1. The Hall–Kier alpha value is -2.40. The minimum atomic E-state index is -0.188. The van der Waals surface area contributed by atoms with E-state index < -0.39 is 0 Å². The number of fused-ring (bicyclic) bond motifs is 1. The average molecular weight is 312 g/mol. The van der Waals surface area contributed by atoms with Gasteiger partial charge in [0, 0.05) is 5.56 Å². The Labute approximate surface area is 132 Å². The molecule has 112 valence electrons. The Morgan fingerprint density at radius 2 is 2.05 bits per heavy atom. The molecule has 3 rings (SSSR count). The summed E-state index contributed by atoms with van der Waals surface area (Å²) in [6.45, 7) is 4.09. The number of amides is 1. The van der Waals surface area contributed by atoms with E-state index in [0.717, 1.165) is 15.8 Å². The highest BCUT2D eigenvalue weighted by atomic mass is 32.1. The largest absolute Gasteiger partial charge is 0.497 e. The second kappa shape index (κ2) is 5.77. The molecule has 2 aromatic carbocycles. The Morgan fingerprint density at radius 3 is 2.82 bits per heavy atom. The number of aromatic nitrogens is 1. The maximum atomic E-state index is 12.3. The summed E-state index contributed by atoms with van der Waals surface area (Å²) in [5.74, 6) is 0.468. The molecule has 1 aromatic heterocycles. The number of carbonyl (C=O) groups excluding carboxylic acids is 1. The summed E-state index contributed by atoms with van der Waals surface area (Å²) in [5.41, 5.74) is 3.80. The summed E-state index contributed by atoms with van der Waals surface area (Å²) in [6.07, 6.45) is 0. The normalized spacial score (nSPS) is 10.7. The predicted molar refractivity (Wildman–Crippen MR) is 90.0 cm³/mol. The highest BCUT2D eigenvalue weighted by molar-refractivity contribution is 7.22. The molecular formula is C17H16N2O2S. The predicted octanol–water partition coefficient (Wildman–Crippen LogP) is 4.17. The highest BCUT2D eigenvalue weighted by Gasteiger charge is 2.12. The van der Waals surface area contributed by atoms with Crippen LogP contribution in [0.1, 0.15) is 21.5 Å². The van der Waals surface area contributed by atoms with Crippen LogP contribution in [0.2, 0.25) is 0 Å². The zero-order valence-electron chi connectivity index (χ0n) is 12.6. The molecule has 0 saturated heterocycles. The lowest BCUT2D eigenvalue weighted by Crippen LogP contribution is -2.11. The van der Waals surface area contributed by atoms with Crippen molar-refractivity contribution in [3.05, 3.63) is 53.1 Å². The summed E-state index contributed by atoms with van der Waals surface area (Å²) < 4.78 is 6.22. The lowest BCUT2D eigenvalue weighted by molar-refractivity contribution is 0.102. The first-order valence-corrected chi connectivity index (χ1v) is 7.71. The van der Waals surface area contributed by atoms with Gasteiger partial charge < -0.3 is 4.74 Å². The van der Waals surface area contributed by atoms with Crippen molar-refractivity contribution in [3.8, 4) is 5.75 Å². The summed E-state index contributed by atoms with van der Waals surface area (Å²) in [5, 5.41) is 3.47. The average Bonchev–Trinajstić information content (AvgIpc) is 2.90. The first-order chi connectivity index (χ1) is 10.6. The molecule has 22 heavy (non-hydrogen) atoms. The number of hydrogen-bond donors (Lipinski definition) is 1. The molecule has 3 aromatic rings. The number of nitrogens with one attached hydrogen (secondary N) is 1. The van der Waals surface area contributed by atoms with E-state index in [0.29, 0.717) is 16.4 Å². The molecule has 1 N–H and O–H groups in total. The Kier molecular flexibility index (Phi) is 3.81. The molecule has 0 radical (unpaired) electrons. The van der Waals surface area contributed by atoms with Gasteiger partial charge in [-0.1, -0.05) is 23.5 Å². The van der Waals surface area contributed by atoms with Gasteiger partial charge in [0.2, 0.25) is 0 Å². The third kappa shape index (κ3) is 2.80. The second-order valence-electron chi connectivity index (χ2n) is 5.13. The number of benzene rings is 2. The molecule has 0 saturated carbocycles. The van der Waals surface area contributed by atoms with Gasteiger partial charge in [-0.2, -0.15) is 0 Å². The van der Waals surface area contributed by atoms with Crippen LogP contribution < -0.4 is 10.1 Å². The van der Waals surface area contributed by atoms with E-state index >= 15 is 0 Å². The second-order valence-corrected chi connectivity index (χ2v) is 6.16. The van der Waals surface area contributed by atoms with Gasteiger partial charge in [-0.3, -0.25) is 10.1 Å². The molecule has 1 heterocycles. The molecule has 0 aliphatic heterocycles. The quantitative estimate of drug-likeness (QED) is 0.789. The fraction of sp³-hybridized carbons (Fsp3) is 0.176. The van der Waals surface area contributed by atoms with E-state index in [1.54, 1.807) is 31.4 Å². The van der Waals surface area contributed by atoms with E-state index in [9.17, 15) is 4.79 Å². The fourth-order valence-corrected chi connectivity index (χ4v) is 3.39. The molecule has 1 amide bonds. The van der Waals surface area contributed by atoms with Gasteiger partial charge in [-0.15, -0.1) is 0 Å². The first-order valence-electron chi connectivity index (χ1n) is 6.90. The summed E-state index contributed by atoms with van der Waals surface area (Å²) >= 11 is 1.48. The number of nitrogens with zero attached hydrogens (tertiary/aromatic N) is 1. The first kappa shape index (κ1) is 14.5. The van der Waals surface area contributed by atoms with Crippen LogP contribution in [-0.2, 0) is 0 Å². The van der Waals surface area contributed by atoms with Crippen LogP contribution in [0.3, 0.4) is 0 Å². The Bertz CT molecular complexity index is 855. The maximum Gasteiger partial charge on any atom is 0.257 e. The van der Waals surface area contributed by atoms with Crippen LogP contribution in [0.15, 0.2) is 36.4 Å². The monoisotopic (exact) mass is 312 g/mol. The van der Waals surface area contributed by atoms with Crippen LogP contribution in [0.5, 0.6) is 5.75 Å². The standard InChI is InChI=1S/C17H16N2O2S/c1-10-7-11(2)15-14(8-10)22-17(18-15)19-16(20)12-5-4-6-13(9-12)21-3/h4-9H,1-3H3,(H,18,19,20). The van der Waals surface area contributed by atoms with Crippen molar-refractivity contribution in [2.75, 3.05) is 12.4 Å². The summed E-state index contributed by atoms with van der Waals surface area (Å²) in [4.78, 5) is 16.8. The molecule has 5 heteroatoms. The molecular weight excluding hydrogens is 296 g/mol. The van der Waals surface area contributed by atoms with Crippen molar-refractivity contribution in [3.63, 3.8) is 0 Å². The van der Waals surface area contributed by atoms with E-state index in [-0.39, 0.29) is 5.91 Å². The molecule has 0 unspecified atom stereocenters. The van der Waals surface area contributed by atoms with Crippen LogP contribution in [0.4, 0.5) is 5.13 Å². The lowest BCUT2D eigenvalue weighted by atomic mass is 10.1. The Morgan fingerprint density at radius 1 is 1.23 bits per heavy atom. The summed E-state index contributed by atoms with van der Waals surface area (Å²) in [6, 6.07) is 11.2. The van der Waals surface area contributed by atoms with Gasteiger partial charge in [-0.05, 0) is 49.2 Å². The highest BCUT2D eigenvalue weighted by Crippen LogP contribution is 2.29. The van der Waals surface area contributed by atoms with E-state index in [1.807, 2.05) is 6.92 Å². The topological polar surface area (TPSA) is 51.2 Å². The summed E-state index contributed by atoms with van der Waals surface area (Å²) in [7, 11) is 1.58. The molecule has 0 bridgehead atoms. The van der Waals surface area contributed by atoms with Gasteiger partial charge >= 0.3 is 0 Å². The Balaban J connectivity index is 1.89. The van der Waals surface area contributed by atoms with Crippen LogP contribution in [-0.4, -0.2) is 18.0 Å². The third-order valence-corrected chi connectivity index (χ3v) is 4.30. The minimum absolute atomic E-state index is 0.188. The van der Waals surface area contributed by atoms with Gasteiger partial charge in [0.05, 0.1) is 17.3 Å². The van der Waals surface area contributed by atoms with Crippen molar-refractivity contribution >= 4 is 32.6 Å². The molecule has 0 fully saturated rings. The minimum Gasteiger partial charge on any atom is -0.497 e. The number of thiazole rings is 1. The SMILES string of the molecule is COc1cccc(C(=O)Nc2nc3c(C)cc(C)cc3s2)c1. The number of carbonyl (C=O) groups is 1. The number of rotatable bonds is 3. The van der Waals surface area contributed by atoms with Crippen LogP contribution in [0, 0.1) is 13.8 Å². The van der Waals surface area contributed by atoms with E-state index in [2.05, 4.69) is 29.4 Å². The van der Waals surface area contributed by atoms with Crippen molar-refractivity contribution in [1.82, 2.24) is 4.98 Å². The van der Waals surface area contributed by atoms with Gasteiger partial charge in [0.25, 0.3) is 5.91 Å². The number of anilines is 1. The third-order valence-electron chi connectivity index (χ3n) is 3.38. The van der Waals surface area contributed by atoms with Crippen LogP contribution >= 0.6 is 11.3 Å². The van der Waals surface area contributed by atoms with E-state index in [4.69, 9.17) is 4.74 Å². The molecule has 0 spiro atoms. The zero-order valence-corrected chi connectivity index (χ0v) is 13.5. The van der Waals surface area contributed by atoms with Crippen molar-refractivity contribution in [1.29, 1.82) is 0 Å². The number of hydrogen-bond acceptors (Lipinski definition) is 4.